The van der Waals surface area contributed by atoms with E-state index in [1.54, 1.807) is 11.0 Å². The Bertz CT molecular complexity index is 423. The first-order valence-corrected chi connectivity index (χ1v) is 6.23. The fourth-order valence-corrected chi connectivity index (χ4v) is 2.38. The Morgan fingerprint density at radius 3 is 2.29 bits per heavy atom. The van der Waals surface area contributed by atoms with E-state index < -0.39 is 24.5 Å². The molecule has 1 aromatic rings. The van der Waals surface area contributed by atoms with Crippen LogP contribution < -0.4 is 5.32 Å². The van der Waals surface area contributed by atoms with Crippen molar-refractivity contribution in [1.82, 2.24) is 10.2 Å². The van der Waals surface area contributed by atoms with E-state index in [1.165, 1.54) is 18.2 Å². The quantitative estimate of drug-likeness (QED) is 0.840. The van der Waals surface area contributed by atoms with Gasteiger partial charge >= 0.3 is 6.18 Å². The highest BCUT2D eigenvalue weighted by Crippen LogP contribution is 2.34. The van der Waals surface area contributed by atoms with Gasteiger partial charge < -0.3 is 5.32 Å². The standard InChI is InChI=1S/C13H16F4N2.2ClH/c14-11-3-1-2-10(8-11)12(9-13(15,16)17)19-6-4-18-5-7-19;;/h1-3,8,12,18H,4-7,9H2;2*1H/t12-;;/m1../s1. The fourth-order valence-electron chi connectivity index (χ4n) is 2.38. The van der Waals surface area contributed by atoms with Crippen molar-refractivity contribution < 1.29 is 17.6 Å². The summed E-state index contributed by atoms with van der Waals surface area (Å²) < 4.78 is 51.3. The molecule has 0 aromatic heterocycles. The van der Waals surface area contributed by atoms with Gasteiger partial charge in [0, 0.05) is 32.2 Å². The average molecular weight is 349 g/mol. The van der Waals surface area contributed by atoms with Crippen molar-refractivity contribution in [2.75, 3.05) is 26.2 Å². The van der Waals surface area contributed by atoms with E-state index in [0.29, 0.717) is 31.7 Å². The van der Waals surface area contributed by atoms with Crippen LogP contribution in [-0.2, 0) is 0 Å². The van der Waals surface area contributed by atoms with Gasteiger partial charge in [-0.2, -0.15) is 13.2 Å². The third kappa shape index (κ3) is 6.38. The Morgan fingerprint density at radius 2 is 1.76 bits per heavy atom. The van der Waals surface area contributed by atoms with Gasteiger partial charge in [0.2, 0.25) is 0 Å². The normalized spacial score (nSPS) is 17.5. The maximum absolute atomic E-state index is 13.2. The van der Waals surface area contributed by atoms with Gasteiger partial charge in [-0.05, 0) is 17.7 Å². The van der Waals surface area contributed by atoms with Crippen LogP contribution in [0.5, 0.6) is 0 Å². The second kappa shape index (κ2) is 8.78. The van der Waals surface area contributed by atoms with Gasteiger partial charge in [-0.25, -0.2) is 4.39 Å². The molecule has 0 unspecified atom stereocenters. The molecule has 21 heavy (non-hydrogen) atoms. The van der Waals surface area contributed by atoms with Crippen molar-refractivity contribution >= 4 is 24.8 Å². The number of piperazine rings is 1. The number of hydrogen-bond donors (Lipinski definition) is 1. The van der Waals surface area contributed by atoms with E-state index in [1.807, 2.05) is 0 Å². The molecule has 122 valence electrons. The van der Waals surface area contributed by atoms with E-state index in [0.717, 1.165) is 0 Å². The van der Waals surface area contributed by atoms with Gasteiger partial charge in [-0.15, -0.1) is 24.8 Å². The van der Waals surface area contributed by atoms with E-state index in [2.05, 4.69) is 5.32 Å². The average Bonchev–Trinajstić information content (AvgIpc) is 2.36. The van der Waals surface area contributed by atoms with Crippen LogP contribution in [0.1, 0.15) is 18.0 Å². The Hall–Kier alpha value is -0.560. The summed E-state index contributed by atoms with van der Waals surface area (Å²) in [6.07, 6.45) is -5.21. The highest BCUT2D eigenvalue weighted by atomic mass is 35.5. The number of nitrogens with one attached hydrogen (secondary N) is 1. The van der Waals surface area contributed by atoms with Crippen LogP contribution in [-0.4, -0.2) is 37.3 Å². The van der Waals surface area contributed by atoms with Crippen LogP contribution in [0.15, 0.2) is 24.3 Å². The lowest BCUT2D eigenvalue weighted by Gasteiger charge is -2.35. The van der Waals surface area contributed by atoms with Crippen molar-refractivity contribution in [3.63, 3.8) is 0 Å². The van der Waals surface area contributed by atoms with Crippen molar-refractivity contribution in [2.45, 2.75) is 18.6 Å². The summed E-state index contributed by atoms with van der Waals surface area (Å²) in [5.74, 6) is -0.500. The molecule has 1 aliphatic rings. The lowest BCUT2D eigenvalue weighted by atomic mass is 10.0. The largest absolute Gasteiger partial charge is 0.390 e. The molecule has 0 bridgehead atoms. The van der Waals surface area contributed by atoms with Gasteiger partial charge in [-0.3, -0.25) is 4.90 Å². The first-order valence-electron chi connectivity index (χ1n) is 6.23. The predicted octanol–water partition coefficient (Wildman–Crippen LogP) is 3.57. The zero-order chi connectivity index (χ0) is 13.9. The minimum absolute atomic E-state index is 0. The van der Waals surface area contributed by atoms with Gasteiger partial charge in [0.05, 0.1) is 6.42 Å². The summed E-state index contributed by atoms with van der Waals surface area (Å²) in [7, 11) is 0. The molecule has 0 saturated carbocycles. The van der Waals surface area contributed by atoms with Gasteiger partial charge in [0.25, 0.3) is 0 Å². The number of nitrogens with zero attached hydrogens (tertiary/aromatic N) is 1. The molecule has 1 N–H and O–H groups in total. The predicted molar refractivity (Wildman–Crippen MR) is 78.8 cm³/mol. The Morgan fingerprint density at radius 1 is 1.14 bits per heavy atom. The van der Waals surface area contributed by atoms with Crippen LogP contribution in [0.4, 0.5) is 17.6 Å². The van der Waals surface area contributed by atoms with Gasteiger partial charge in [0.1, 0.15) is 5.82 Å². The molecule has 1 fully saturated rings. The number of rotatable bonds is 3. The molecule has 1 aromatic carbocycles. The van der Waals surface area contributed by atoms with Crippen molar-refractivity contribution in [2.24, 2.45) is 0 Å². The number of benzene rings is 1. The van der Waals surface area contributed by atoms with E-state index in [9.17, 15) is 17.6 Å². The monoisotopic (exact) mass is 348 g/mol. The van der Waals surface area contributed by atoms with Crippen molar-refractivity contribution in [3.8, 4) is 0 Å². The molecule has 2 rings (SSSR count). The molecule has 0 amide bonds. The molecule has 0 radical (unpaired) electrons. The first-order chi connectivity index (χ1) is 8.96. The van der Waals surface area contributed by atoms with E-state index in [4.69, 9.17) is 0 Å². The van der Waals surface area contributed by atoms with Crippen molar-refractivity contribution in [1.29, 1.82) is 0 Å². The van der Waals surface area contributed by atoms with Crippen LogP contribution in [0.25, 0.3) is 0 Å². The lowest BCUT2D eigenvalue weighted by molar-refractivity contribution is -0.148. The van der Waals surface area contributed by atoms with Crippen LogP contribution >= 0.6 is 24.8 Å². The van der Waals surface area contributed by atoms with E-state index >= 15 is 0 Å². The second-order valence-electron chi connectivity index (χ2n) is 4.68. The Labute approximate surface area is 133 Å². The second-order valence-corrected chi connectivity index (χ2v) is 4.68. The molecule has 0 spiro atoms. The van der Waals surface area contributed by atoms with Gasteiger partial charge in [-0.1, -0.05) is 12.1 Å². The molecular formula is C13H18Cl2F4N2. The topological polar surface area (TPSA) is 15.3 Å². The first kappa shape index (κ1) is 20.4. The highest BCUT2D eigenvalue weighted by molar-refractivity contribution is 5.85. The maximum atomic E-state index is 13.2. The molecular weight excluding hydrogens is 331 g/mol. The summed E-state index contributed by atoms with van der Waals surface area (Å²) in [4.78, 5) is 1.76. The van der Waals surface area contributed by atoms with Crippen molar-refractivity contribution in [3.05, 3.63) is 35.6 Å². The third-order valence-electron chi connectivity index (χ3n) is 3.25. The molecule has 2 nitrogen and oxygen atoms in total. The molecule has 0 aliphatic carbocycles. The summed E-state index contributed by atoms with van der Waals surface area (Å²) >= 11 is 0. The minimum Gasteiger partial charge on any atom is -0.314 e. The summed E-state index contributed by atoms with van der Waals surface area (Å²) in [6.45, 7) is 2.39. The third-order valence-corrected chi connectivity index (χ3v) is 3.25. The fraction of sp³-hybridized carbons (Fsp3) is 0.538. The highest BCUT2D eigenvalue weighted by Gasteiger charge is 2.35. The number of hydrogen-bond acceptors (Lipinski definition) is 2. The Kier molecular flexibility index (Phi) is 8.54. The molecule has 8 heteroatoms. The minimum atomic E-state index is -4.26. The zero-order valence-electron chi connectivity index (χ0n) is 11.2. The number of alkyl halides is 3. The maximum Gasteiger partial charge on any atom is 0.390 e. The molecule has 1 aliphatic heterocycles. The molecule has 1 atom stereocenters. The summed E-state index contributed by atoms with van der Waals surface area (Å²) in [5.41, 5.74) is 0.388. The lowest BCUT2D eigenvalue weighted by Crippen LogP contribution is -2.46. The van der Waals surface area contributed by atoms with E-state index in [-0.39, 0.29) is 24.8 Å². The number of halogens is 6. The smallest absolute Gasteiger partial charge is 0.314 e. The Balaban J connectivity index is 0.00000200. The molecule has 1 heterocycles. The summed E-state index contributed by atoms with van der Waals surface area (Å²) in [6, 6.07) is 4.64. The van der Waals surface area contributed by atoms with Crippen LogP contribution in [0, 0.1) is 5.82 Å². The van der Waals surface area contributed by atoms with Crippen LogP contribution in [0.2, 0.25) is 0 Å². The zero-order valence-corrected chi connectivity index (χ0v) is 12.8. The SMILES string of the molecule is Cl.Cl.Fc1cccc([C@@H](CC(F)(F)F)N2CCNCC2)c1. The molecule has 1 saturated heterocycles. The summed E-state index contributed by atoms with van der Waals surface area (Å²) in [5, 5.41) is 3.10. The van der Waals surface area contributed by atoms with Crippen LogP contribution in [0.3, 0.4) is 0 Å². The van der Waals surface area contributed by atoms with Gasteiger partial charge in [0.15, 0.2) is 0 Å².